The molecule has 1 spiro atoms. The van der Waals surface area contributed by atoms with Crippen molar-refractivity contribution in [3.8, 4) is 0 Å². The van der Waals surface area contributed by atoms with E-state index in [1.54, 1.807) is 0 Å². The topological polar surface area (TPSA) is 54.0 Å². The first-order chi connectivity index (χ1) is 16.7. The maximum atomic E-state index is 13.6. The van der Waals surface area contributed by atoms with Crippen LogP contribution >= 0.6 is 0 Å². The summed E-state index contributed by atoms with van der Waals surface area (Å²) in [6.07, 6.45) is 7.63. The lowest BCUT2D eigenvalue weighted by molar-refractivity contribution is -0.215. The Balaban J connectivity index is 1.65. The summed E-state index contributed by atoms with van der Waals surface area (Å²) in [5.74, 6) is 1.30. The minimum absolute atomic E-state index is 0.0234. The molecule has 8 heteroatoms. The van der Waals surface area contributed by atoms with Gasteiger partial charge in [-0.2, -0.15) is 0 Å². The third-order valence-electron chi connectivity index (χ3n) is 10.7. The predicted octanol–water partition coefficient (Wildman–Crippen LogP) is 7.21. The Morgan fingerprint density at radius 1 is 0.919 bits per heavy atom. The van der Waals surface area contributed by atoms with E-state index in [0.717, 1.165) is 25.7 Å². The van der Waals surface area contributed by atoms with Crippen LogP contribution < -0.4 is 0 Å². The van der Waals surface area contributed by atoms with E-state index in [4.69, 9.17) is 18.0 Å². The summed E-state index contributed by atoms with van der Waals surface area (Å²) in [4.78, 5) is 13.6. The van der Waals surface area contributed by atoms with Gasteiger partial charge in [0.05, 0.1) is 23.7 Å². The normalized spacial score (nSPS) is 47.4. The minimum atomic E-state index is -1.92. The predicted molar refractivity (Wildman–Crippen MR) is 156 cm³/mol. The van der Waals surface area contributed by atoms with E-state index in [1.807, 2.05) is 0 Å². The van der Waals surface area contributed by atoms with E-state index in [9.17, 15) is 4.79 Å². The highest BCUT2D eigenvalue weighted by molar-refractivity contribution is 6.70. The molecule has 5 rings (SSSR count). The van der Waals surface area contributed by atoms with E-state index in [1.165, 1.54) is 19.3 Å². The first kappa shape index (κ1) is 28.5. The lowest BCUT2D eigenvalue weighted by atomic mass is 9.40. The lowest BCUT2D eigenvalue weighted by Crippen LogP contribution is -2.67. The molecule has 37 heavy (non-hydrogen) atoms. The molecule has 1 saturated heterocycles. The van der Waals surface area contributed by atoms with Gasteiger partial charge in [-0.15, -0.1) is 0 Å². The van der Waals surface area contributed by atoms with Gasteiger partial charge in [0.2, 0.25) is 0 Å². The van der Waals surface area contributed by atoms with Crippen LogP contribution in [0.25, 0.3) is 0 Å². The molecular weight excluding hydrogens is 513 g/mol. The monoisotopic (exact) mass is 566 g/mol. The number of hydrogen-bond acceptors (Lipinski definition) is 5. The molecule has 2 bridgehead atoms. The molecule has 4 saturated carbocycles. The molecule has 0 aromatic rings. The fourth-order valence-electron chi connectivity index (χ4n) is 10.1. The van der Waals surface area contributed by atoms with Crippen molar-refractivity contribution in [2.45, 2.75) is 136 Å². The highest BCUT2D eigenvalue weighted by atomic mass is 28.4. The quantitative estimate of drug-likeness (QED) is 0.241. The summed E-state index contributed by atoms with van der Waals surface area (Å²) < 4.78 is 27.7. The van der Waals surface area contributed by atoms with Crippen molar-refractivity contribution in [1.29, 1.82) is 0 Å². The van der Waals surface area contributed by atoms with Crippen LogP contribution in [0.3, 0.4) is 0 Å². The average Bonchev–Trinajstić information content (AvgIpc) is 3.11. The van der Waals surface area contributed by atoms with Gasteiger partial charge >= 0.3 is 5.97 Å². The average molecular weight is 567 g/mol. The Bertz CT molecular complexity index is 937. The van der Waals surface area contributed by atoms with E-state index in [-0.39, 0.29) is 45.9 Å². The van der Waals surface area contributed by atoms with E-state index < -0.39 is 25.0 Å². The Morgan fingerprint density at radius 2 is 1.59 bits per heavy atom. The van der Waals surface area contributed by atoms with E-state index >= 15 is 0 Å². The summed E-state index contributed by atoms with van der Waals surface area (Å²) in [5, 5.41) is 0. The molecule has 1 aliphatic heterocycles. The van der Waals surface area contributed by atoms with Gasteiger partial charge in [-0.3, -0.25) is 4.79 Å². The Hall–Kier alpha value is 0.000649. The lowest BCUT2D eigenvalue weighted by Gasteiger charge is -2.65. The van der Waals surface area contributed by atoms with E-state index in [2.05, 4.69) is 72.8 Å². The first-order valence-corrected chi connectivity index (χ1v) is 25.2. The van der Waals surface area contributed by atoms with Gasteiger partial charge < -0.3 is 18.0 Å². The fraction of sp³-hybridized carbons (Fsp3) is 0.966. The van der Waals surface area contributed by atoms with Gasteiger partial charge in [-0.1, -0.05) is 13.3 Å². The molecule has 0 radical (unpaired) electrons. The summed E-state index contributed by atoms with van der Waals surface area (Å²) in [7, 11) is -5.50. The second kappa shape index (κ2) is 8.51. The fourth-order valence-corrected chi connectivity index (χ4v) is 13.4. The summed E-state index contributed by atoms with van der Waals surface area (Å²) >= 11 is 0. The van der Waals surface area contributed by atoms with Crippen LogP contribution in [-0.4, -0.2) is 55.3 Å². The maximum absolute atomic E-state index is 13.6. The minimum Gasteiger partial charge on any atom is -0.459 e. The molecule has 0 amide bonds. The van der Waals surface area contributed by atoms with Crippen LogP contribution in [0.15, 0.2) is 0 Å². The second-order valence-corrected chi connectivity index (χ2v) is 30.3. The molecule has 0 aromatic carbocycles. The molecule has 9 atom stereocenters. The van der Waals surface area contributed by atoms with Crippen LogP contribution in [0.2, 0.25) is 58.9 Å². The molecule has 5 nitrogen and oxygen atoms in total. The maximum Gasteiger partial charge on any atom is 0.312 e. The van der Waals surface area contributed by atoms with Crippen molar-refractivity contribution in [2.75, 3.05) is 6.61 Å². The first-order valence-electron chi connectivity index (χ1n) is 15.0. The number of rotatable bonds is 7. The zero-order chi connectivity index (χ0) is 27.4. The molecule has 0 N–H and O–H groups in total. The molecule has 4 aliphatic carbocycles. The summed E-state index contributed by atoms with van der Waals surface area (Å²) in [5.41, 5.74) is -0.555. The Kier molecular flexibility index (Phi) is 6.56. The van der Waals surface area contributed by atoms with E-state index in [0.29, 0.717) is 18.4 Å². The van der Waals surface area contributed by atoms with Gasteiger partial charge in [0.1, 0.15) is 6.10 Å². The van der Waals surface area contributed by atoms with Crippen molar-refractivity contribution in [3.05, 3.63) is 0 Å². The second-order valence-electron chi connectivity index (χ2n) is 16.9. The van der Waals surface area contributed by atoms with Crippen molar-refractivity contribution < 1.29 is 22.8 Å². The van der Waals surface area contributed by atoms with Crippen molar-refractivity contribution >= 4 is 30.9 Å². The van der Waals surface area contributed by atoms with Crippen LogP contribution in [0.5, 0.6) is 0 Å². The summed E-state index contributed by atoms with van der Waals surface area (Å²) in [6, 6.07) is 0. The number of carbonyl (C=O) groups is 1. The highest BCUT2D eigenvalue weighted by Gasteiger charge is 2.78. The van der Waals surface area contributed by atoms with Gasteiger partial charge in [0.25, 0.3) is 0 Å². The van der Waals surface area contributed by atoms with Crippen LogP contribution in [0.1, 0.15) is 58.8 Å². The smallest absolute Gasteiger partial charge is 0.312 e. The molecule has 1 heterocycles. The molecule has 2 unspecified atom stereocenters. The Morgan fingerprint density at radius 3 is 2.19 bits per heavy atom. The van der Waals surface area contributed by atoms with Crippen LogP contribution in [0.4, 0.5) is 0 Å². The standard InChI is InChI=1S/C29H54O5Si3/c1-26-15-12-16-27(2)23(26)22(32-25(27)30)24(33-36(6,7)8)28-17-20(13-14-21(26)28)29(18-28,34-37(9,10)11)19-31-35(3,4)5/h20-24H,12-19H2,1-11H3/t20-,21?,22-,23?,24+,26+,27-,28-,29+/m1/s1. The van der Waals surface area contributed by atoms with Crippen molar-refractivity contribution in [1.82, 2.24) is 0 Å². The van der Waals surface area contributed by atoms with Crippen molar-refractivity contribution in [3.63, 3.8) is 0 Å². The summed E-state index contributed by atoms with van der Waals surface area (Å²) in [6.45, 7) is 26.2. The number of fused-ring (bicyclic) bond motifs is 2. The number of ether oxygens (including phenoxy) is 1. The molecular formula is C29H54O5Si3. The van der Waals surface area contributed by atoms with Gasteiger partial charge in [0, 0.05) is 11.3 Å². The zero-order valence-corrected chi connectivity index (χ0v) is 28.6. The SMILES string of the molecule is C[C@@]12CCC[C@@]3(C)C(=O)O[C@H](C13)[C@H](O[Si](C)(C)C)[C@@]13C[C@@H](CCC21)[C@](CO[Si](C)(C)C)(O[Si](C)(C)C)C3. The number of esters is 1. The third-order valence-corrected chi connectivity index (χ3v) is 13.7. The van der Waals surface area contributed by atoms with Crippen molar-refractivity contribution in [2.24, 2.45) is 34.0 Å². The zero-order valence-electron chi connectivity index (χ0n) is 25.6. The molecule has 5 aliphatic rings. The van der Waals surface area contributed by atoms with Gasteiger partial charge in [-0.25, -0.2) is 0 Å². The van der Waals surface area contributed by atoms with Crippen LogP contribution in [-0.2, 0) is 22.8 Å². The van der Waals surface area contributed by atoms with Crippen LogP contribution in [0, 0.1) is 34.0 Å². The number of carbonyl (C=O) groups excluding carboxylic acids is 1. The van der Waals surface area contributed by atoms with Gasteiger partial charge in [0.15, 0.2) is 25.0 Å². The number of hydrogen-bond donors (Lipinski definition) is 0. The third kappa shape index (κ3) is 4.52. The van der Waals surface area contributed by atoms with Gasteiger partial charge in [-0.05, 0) is 122 Å². The Labute approximate surface area is 229 Å². The molecule has 0 aromatic heterocycles. The molecule has 212 valence electrons. The largest absolute Gasteiger partial charge is 0.459 e. The molecule has 5 fully saturated rings. The highest BCUT2D eigenvalue weighted by Crippen LogP contribution is 2.76.